The Bertz CT molecular complexity index is 1360. The molecule has 0 spiro atoms. The molecule has 1 unspecified atom stereocenters. The fraction of sp³-hybridized carbons (Fsp3) is 0.208. The van der Waals surface area contributed by atoms with Crippen molar-refractivity contribution in [2.45, 2.75) is 26.1 Å². The van der Waals surface area contributed by atoms with E-state index in [0.717, 1.165) is 11.8 Å². The number of hydrogen-bond acceptors (Lipinski definition) is 8. The minimum atomic E-state index is -4.67. The van der Waals surface area contributed by atoms with Crippen LogP contribution in [0.5, 0.6) is 0 Å². The SMILES string of the molecule is Cc1ccc(NC(=O)c2cc(C(F)(F)F)cnn2)cc1-c1cc(NC(C)CO)nc(/C(=C/N)C(=N)N)c1. The third-order valence-electron chi connectivity index (χ3n) is 5.25. The van der Waals surface area contributed by atoms with Crippen molar-refractivity contribution < 1.29 is 23.1 Å². The maximum absolute atomic E-state index is 13.0. The summed E-state index contributed by atoms with van der Waals surface area (Å²) in [5.74, 6) is -0.788. The fourth-order valence-corrected chi connectivity index (χ4v) is 3.35. The molecule has 0 saturated carbocycles. The molecule has 1 aromatic carbocycles. The summed E-state index contributed by atoms with van der Waals surface area (Å²) < 4.78 is 39.0. The topological polar surface area (TPSA) is 176 Å². The van der Waals surface area contributed by atoms with Crippen molar-refractivity contribution in [3.05, 3.63) is 71.3 Å². The molecule has 2 heterocycles. The average molecular weight is 515 g/mol. The number of carbonyl (C=O) groups excluding carboxylic acids is 1. The molecule has 2 aromatic heterocycles. The molecule has 0 radical (unpaired) electrons. The molecular weight excluding hydrogens is 489 g/mol. The van der Waals surface area contributed by atoms with E-state index >= 15 is 0 Å². The highest BCUT2D eigenvalue weighted by Crippen LogP contribution is 2.31. The largest absolute Gasteiger partial charge is 0.418 e. The van der Waals surface area contributed by atoms with Gasteiger partial charge >= 0.3 is 6.18 Å². The standard InChI is InChI=1S/C24H25F3N8O2/c1-12-3-4-16(33-23(37)20-7-15(10-31-35-20)24(25,26)27)8-17(12)14-5-19(18(9-28)22(29)30)34-21(6-14)32-13(2)11-36/h3-10,13,36H,11,28H2,1-2H3,(H3,29,30)(H,32,34)(H,33,37)/b18-9-. The van der Waals surface area contributed by atoms with Crippen LogP contribution in [-0.4, -0.2) is 44.7 Å². The summed E-state index contributed by atoms with van der Waals surface area (Å²) in [5.41, 5.74) is 12.6. The molecule has 194 valence electrons. The van der Waals surface area contributed by atoms with Crippen LogP contribution in [0, 0.1) is 12.3 Å². The summed E-state index contributed by atoms with van der Waals surface area (Å²) in [7, 11) is 0. The third-order valence-corrected chi connectivity index (χ3v) is 5.25. The zero-order valence-corrected chi connectivity index (χ0v) is 19.9. The van der Waals surface area contributed by atoms with Gasteiger partial charge in [-0.25, -0.2) is 4.98 Å². The first-order valence-corrected chi connectivity index (χ1v) is 10.9. The first-order valence-electron chi connectivity index (χ1n) is 10.9. The number of amides is 1. The maximum Gasteiger partial charge on any atom is 0.418 e. The second-order valence-electron chi connectivity index (χ2n) is 8.16. The average Bonchev–Trinajstić information content (AvgIpc) is 2.84. The number of anilines is 2. The summed E-state index contributed by atoms with van der Waals surface area (Å²) in [4.78, 5) is 17.0. The number of benzene rings is 1. The number of rotatable bonds is 8. The van der Waals surface area contributed by atoms with E-state index in [4.69, 9.17) is 16.9 Å². The Hall–Kier alpha value is -4.52. The minimum Gasteiger partial charge on any atom is -0.404 e. The van der Waals surface area contributed by atoms with Crippen molar-refractivity contribution in [3.8, 4) is 11.1 Å². The Morgan fingerprint density at radius 2 is 1.95 bits per heavy atom. The van der Waals surface area contributed by atoms with Gasteiger partial charge < -0.3 is 27.2 Å². The van der Waals surface area contributed by atoms with Gasteiger partial charge in [0.05, 0.1) is 29.6 Å². The second-order valence-corrected chi connectivity index (χ2v) is 8.16. The van der Waals surface area contributed by atoms with Crippen LogP contribution in [0.4, 0.5) is 24.7 Å². The van der Waals surface area contributed by atoms with Crippen LogP contribution in [0.3, 0.4) is 0 Å². The Morgan fingerprint density at radius 3 is 2.57 bits per heavy atom. The van der Waals surface area contributed by atoms with Gasteiger partial charge in [-0.2, -0.15) is 18.3 Å². The number of pyridine rings is 1. The van der Waals surface area contributed by atoms with Crippen molar-refractivity contribution in [2.75, 3.05) is 17.2 Å². The molecule has 0 aliphatic heterocycles. The highest BCUT2D eigenvalue weighted by Gasteiger charge is 2.32. The van der Waals surface area contributed by atoms with E-state index in [1.165, 1.54) is 0 Å². The molecule has 0 aliphatic rings. The van der Waals surface area contributed by atoms with Crippen LogP contribution in [0.25, 0.3) is 16.7 Å². The molecule has 0 fully saturated rings. The van der Waals surface area contributed by atoms with E-state index in [0.29, 0.717) is 40.6 Å². The highest BCUT2D eigenvalue weighted by atomic mass is 19.4. The molecule has 10 nitrogen and oxygen atoms in total. The fourth-order valence-electron chi connectivity index (χ4n) is 3.35. The molecule has 3 aromatic rings. The predicted molar refractivity (Wildman–Crippen MR) is 134 cm³/mol. The zero-order chi connectivity index (χ0) is 27.3. The van der Waals surface area contributed by atoms with Gasteiger partial charge in [-0.1, -0.05) is 6.07 Å². The zero-order valence-electron chi connectivity index (χ0n) is 19.9. The third kappa shape index (κ3) is 6.58. The number of halogens is 3. The highest BCUT2D eigenvalue weighted by molar-refractivity contribution is 6.19. The number of aliphatic hydroxyl groups excluding tert-OH is 1. The van der Waals surface area contributed by atoms with Gasteiger partial charge in [-0.15, -0.1) is 5.10 Å². The van der Waals surface area contributed by atoms with Crippen molar-refractivity contribution in [2.24, 2.45) is 11.5 Å². The lowest BCUT2D eigenvalue weighted by Crippen LogP contribution is -2.21. The number of aliphatic hydroxyl groups is 1. The number of hydrogen-bond donors (Lipinski definition) is 6. The van der Waals surface area contributed by atoms with E-state index in [-0.39, 0.29) is 24.1 Å². The van der Waals surface area contributed by atoms with Gasteiger partial charge in [0.1, 0.15) is 11.7 Å². The van der Waals surface area contributed by atoms with Gasteiger partial charge in [0, 0.05) is 17.9 Å². The monoisotopic (exact) mass is 514 g/mol. The summed E-state index contributed by atoms with van der Waals surface area (Å²) in [5, 5.41) is 29.6. The Balaban J connectivity index is 2.02. The van der Waals surface area contributed by atoms with E-state index in [9.17, 15) is 23.1 Å². The number of aryl methyl sites for hydroxylation is 1. The lowest BCUT2D eigenvalue weighted by atomic mass is 9.98. The maximum atomic E-state index is 13.0. The summed E-state index contributed by atoms with van der Waals surface area (Å²) in [6, 6.07) is 8.59. The number of alkyl halides is 3. The lowest BCUT2D eigenvalue weighted by Gasteiger charge is -2.17. The molecule has 13 heteroatoms. The van der Waals surface area contributed by atoms with Crippen LogP contribution in [0.1, 0.15) is 34.2 Å². The minimum absolute atomic E-state index is 0.160. The van der Waals surface area contributed by atoms with Gasteiger partial charge in [0.2, 0.25) is 0 Å². The molecule has 1 amide bonds. The van der Waals surface area contributed by atoms with Crippen LogP contribution in [-0.2, 0) is 6.18 Å². The Morgan fingerprint density at radius 1 is 1.22 bits per heavy atom. The Labute approximate surface area is 210 Å². The van der Waals surface area contributed by atoms with Crippen LogP contribution in [0.2, 0.25) is 0 Å². The molecule has 0 bridgehead atoms. The van der Waals surface area contributed by atoms with Crippen LogP contribution < -0.4 is 22.1 Å². The second kappa shape index (κ2) is 11.0. The number of amidine groups is 1. The molecule has 0 saturated heterocycles. The van der Waals surface area contributed by atoms with E-state index in [1.807, 2.05) is 6.92 Å². The van der Waals surface area contributed by atoms with Crippen LogP contribution >= 0.6 is 0 Å². The number of nitrogens with one attached hydrogen (secondary N) is 3. The molecule has 37 heavy (non-hydrogen) atoms. The number of carbonyl (C=O) groups is 1. The summed E-state index contributed by atoms with van der Waals surface area (Å²) in [6.07, 6.45) is -2.97. The van der Waals surface area contributed by atoms with Crippen molar-refractivity contribution in [3.63, 3.8) is 0 Å². The normalized spacial score (nSPS) is 12.6. The van der Waals surface area contributed by atoms with Gasteiger partial charge in [0.15, 0.2) is 5.69 Å². The summed E-state index contributed by atoms with van der Waals surface area (Å²) in [6.45, 7) is 3.41. The van der Waals surface area contributed by atoms with E-state index < -0.39 is 23.3 Å². The molecule has 8 N–H and O–H groups in total. The molecule has 3 rings (SSSR count). The predicted octanol–water partition coefficient (Wildman–Crippen LogP) is 3.15. The van der Waals surface area contributed by atoms with Gasteiger partial charge in [0.25, 0.3) is 5.91 Å². The molecule has 1 atom stereocenters. The lowest BCUT2D eigenvalue weighted by molar-refractivity contribution is -0.137. The first kappa shape index (κ1) is 27.1. The summed E-state index contributed by atoms with van der Waals surface area (Å²) >= 11 is 0. The van der Waals surface area contributed by atoms with Crippen molar-refractivity contribution in [1.82, 2.24) is 15.2 Å². The smallest absolute Gasteiger partial charge is 0.404 e. The van der Waals surface area contributed by atoms with Gasteiger partial charge in [-0.3, -0.25) is 10.2 Å². The Kier molecular flexibility index (Phi) is 8.07. The van der Waals surface area contributed by atoms with Gasteiger partial charge in [-0.05, 0) is 60.9 Å². The van der Waals surface area contributed by atoms with Crippen LogP contribution in [0.15, 0.2) is 48.8 Å². The number of nitrogens with zero attached hydrogens (tertiary/aromatic N) is 3. The number of nitrogens with two attached hydrogens (primary N) is 2. The van der Waals surface area contributed by atoms with Crippen molar-refractivity contribution >= 4 is 28.8 Å². The van der Waals surface area contributed by atoms with Crippen molar-refractivity contribution in [1.29, 1.82) is 5.41 Å². The molecular formula is C24H25F3N8O2. The molecule has 0 aliphatic carbocycles. The van der Waals surface area contributed by atoms with E-state index in [2.05, 4.69) is 25.8 Å². The quantitative estimate of drug-likeness (QED) is 0.196. The number of aromatic nitrogens is 3. The van der Waals surface area contributed by atoms with E-state index in [1.54, 1.807) is 37.3 Å². The first-order chi connectivity index (χ1) is 17.4.